The number of benzene rings is 2. The van der Waals surface area contributed by atoms with E-state index < -0.39 is 5.97 Å². The molecule has 0 atom stereocenters. The molecule has 1 aromatic heterocycles. The molecule has 0 aliphatic carbocycles. The number of amides is 1. The van der Waals surface area contributed by atoms with Gasteiger partial charge in [-0.25, -0.2) is 14.8 Å². The molecule has 0 saturated carbocycles. The maximum Gasteiger partial charge on any atom is 0.338 e. The molecule has 3 aromatic rings. The van der Waals surface area contributed by atoms with E-state index in [0.29, 0.717) is 40.9 Å². The molecule has 4 rings (SSSR count). The number of aryl methyl sites for hydroxylation is 1. The number of fused-ring (bicyclic) bond motifs is 2. The fourth-order valence-electron chi connectivity index (χ4n) is 3.18. The molecule has 0 spiro atoms. The minimum Gasteiger partial charge on any atom is -0.462 e. The van der Waals surface area contributed by atoms with Crippen molar-refractivity contribution in [1.82, 2.24) is 9.97 Å². The summed E-state index contributed by atoms with van der Waals surface area (Å²) in [5.41, 5.74) is 2.48. The molecule has 0 unspecified atom stereocenters. The van der Waals surface area contributed by atoms with E-state index in [1.807, 2.05) is 12.1 Å². The molecule has 0 radical (unpaired) electrons. The Hall–Kier alpha value is -3.68. The largest absolute Gasteiger partial charge is 0.462 e. The molecule has 8 heteroatoms. The SMILES string of the molecule is CCOC(=O)c1ccc(N(C=O)Cc2nc(C)nc3cc4c(cc23)OCO4)cc1. The van der Waals surface area contributed by atoms with Crippen molar-refractivity contribution in [3.05, 3.63) is 53.5 Å². The Morgan fingerprint density at radius 2 is 1.90 bits per heavy atom. The highest BCUT2D eigenvalue weighted by Gasteiger charge is 2.19. The standard InChI is InChI=1S/C21H19N3O5/c1-3-27-21(26)14-4-6-15(7-5-14)24(11-25)10-18-16-8-19-20(29-12-28-19)9-17(16)22-13(2)23-18/h4-9,11H,3,10,12H2,1-2H3. The topological polar surface area (TPSA) is 90.9 Å². The molecule has 148 valence electrons. The third kappa shape index (κ3) is 3.69. The van der Waals surface area contributed by atoms with E-state index in [0.717, 1.165) is 17.3 Å². The highest BCUT2D eigenvalue weighted by atomic mass is 16.7. The van der Waals surface area contributed by atoms with Gasteiger partial charge in [-0.05, 0) is 44.2 Å². The molecule has 2 heterocycles. The van der Waals surface area contributed by atoms with Gasteiger partial charge >= 0.3 is 5.97 Å². The smallest absolute Gasteiger partial charge is 0.338 e. The molecule has 0 fully saturated rings. The van der Waals surface area contributed by atoms with Crippen LogP contribution < -0.4 is 14.4 Å². The highest BCUT2D eigenvalue weighted by Crippen LogP contribution is 2.36. The summed E-state index contributed by atoms with van der Waals surface area (Å²) in [6.45, 7) is 4.26. The van der Waals surface area contributed by atoms with Crippen LogP contribution in [0.5, 0.6) is 11.5 Å². The van der Waals surface area contributed by atoms with Gasteiger partial charge in [0.05, 0.1) is 29.9 Å². The van der Waals surface area contributed by atoms with Gasteiger partial charge in [-0.1, -0.05) is 0 Å². The number of nitrogens with zero attached hydrogens (tertiary/aromatic N) is 3. The van der Waals surface area contributed by atoms with Crippen LogP contribution in [0.1, 0.15) is 28.8 Å². The fourth-order valence-corrected chi connectivity index (χ4v) is 3.18. The second-order valence-electron chi connectivity index (χ2n) is 6.44. The lowest BCUT2D eigenvalue weighted by molar-refractivity contribution is -0.107. The van der Waals surface area contributed by atoms with E-state index >= 15 is 0 Å². The molecule has 0 saturated heterocycles. The lowest BCUT2D eigenvalue weighted by atomic mass is 10.1. The predicted octanol–water partition coefficient (Wildman–Crippen LogP) is 3.01. The zero-order valence-corrected chi connectivity index (χ0v) is 16.0. The van der Waals surface area contributed by atoms with Crippen LogP contribution in [0.4, 0.5) is 5.69 Å². The second kappa shape index (κ2) is 7.75. The van der Waals surface area contributed by atoms with Crippen molar-refractivity contribution in [3.63, 3.8) is 0 Å². The van der Waals surface area contributed by atoms with E-state index in [4.69, 9.17) is 14.2 Å². The molecule has 29 heavy (non-hydrogen) atoms. The zero-order chi connectivity index (χ0) is 20.4. The number of ether oxygens (including phenoxy) is 3. The molecule has 2 aromatic carbocycles. The van der Waals surface area contributed by atoms with Crippen LogP contribution in [0.2, 0.25) is 0 Å². The summed E-state index contributed by atoms with van der Waals surface area (Å²) in [5.74, 6) is 1.46. The molecule has 1 aliphatic heterocycles. The Morgan fingerprint density at radius 1 is 1.17 bits per heavy atom. The molecule has 0 N–H and O–H groups in total. The molecule has 8 nitrogen and oxygen atoms in total. The average molecular weight is 393 g/mol. The van der Waals surface area contributed by atoms with Gasteiger partial charge in [0.15, 0.2) is 11.5 Å². The van der Waals surface area contributed by atoms with Gasteiger partial charge in [0.1, 0.15) is 5.82 Å². The molecular formula is C21H19N3O5. The maximum absolute atomic E-state index is 11.8. The van der Waals surface area contributed by atoms with Crippen LogP contribution in [0.15, 0.2) is 36.4 Å². The number of aromatic nitrogens is 2. The molecule has 1 amide bonds. The van der Waals surface area contributed by atoms with Gasteiger partial charge in [-0.15, -0.1) is 0 Å². The average Bonchev–Trinajstić information content (AvgIpc) is 3.18. The number of hydrogen-bond acceptors (Lipinski definition) is 7. The number of carbonyl (C=O) groups is 2. The highest BCUT2D eigenvalue weighted by molar-refractivity contribution is 5.90. The van der Waals surface area contributed by atoms with Crippen LogP contribution in [0.25, 0.3) is 10.9 Å². The number of carbonyl (C=O) groups excluding carboxylic acids is 2. The van der Waals surface area contributed by atoms with E-state index in [1.54, 1.807) is 38.1 Å². The Morgan fingerprint density at radius 3 is 2.59 bits per heavy atom. The van der Waals surface area contributed by atoms with Gasteiger partial charge in [-0.2, -0.15) is 0 Å². The third-order valence-corrected chi connectivity index (χ3v) is 4.54. The second-order valence-corrected chi connectivity index (χ2v) is 6.44. The number of esters is 1. The summed E-state index contributed by atoms with van der Waals surface area (Å²) in [5, 5.41) is 0.787. The van der Waals surface area contributed by atoms with Crippen LogP contribution in [-0.2, 0) is 16.1 Å². The van der Waals surface area contributed by atoms with Gasteiger partial charge in [0.2, 0.25) is 13.2 Å². The van der Waals surface area contributed by atoms with Gasteiger partial charge < -0.3 is 19.1 Å². The first-order valence-corrected chi connectivity index (χ1v) is 9.15. The normalized spacial score (nSPS) is 12.1. The first kappa shape index (κ1) is 18.7. The van der Waals surface area contributed by atoms with Crippen molar-refractivity contribution in [2.45, 2.75) is 20.4 Å². The Bertz CT molecular complexity index is 1080. The van der Waals surface area contributed by atoms with Gasteiger partial charge in [-0.3, -0.25) is 4.79 Å². The minimum absolute atomic E-state index is 0.167. The summed E-state index contributed by atoms with van der Waals surface area (Å²) in [4.78, 5) is 34.1. The van der Waals surface area contributed by atoms with E-state index in [9.17, 15) is 9.59 Å². The molecule has 1 aliphatic rings. The van der Waals surface area contributed by atoms with Crippen molar-refractivity contribution >= 4 is 29.0 Å². The lowest BCUT2D eigenvalue weighted by Crippen LogP contribution is -2.21. The van der Waals surface area contributed by atoms with Crippen LogP contribution >= 0.6 is 0 Å². The fraction of sp³-hybridized carbons (Fsp3) is 0.238. The van der Waals surface area contributed by atoms with Crippen LogP contribution in [-0.4, -0.2) is 35.7 Å². The van der Waals surface area contributed by atoms with E-state index in [-0.39, 0.29) is 13.3 Å². The summed E-state index contributed by atoms with van der Waals surface area (Å²) >= 11 is 0. The number of anilines is 1. The van der Waals surface area contributed by atoms with Crippen molar-refractivity contribution in [1.29, 1.82) is 0 Å². The van der Waals surface area contributed by atoms with Crippen LogP contribution in [0, 0.1) is 6.92 Å². The van der Waals surface area contributed by atoms with Crippen molar-refractivity contribution in [2.24, 2.45) is 0 Å². The van der Waals surface area contributed by atoms with Crippen LogP contribution in [0.3, 0.4) is 0 Å². The van der Waals surface area contributed by atoms with Crippen molar-refractivity contribution in [3.8, 4) is 11.5 Å². The predicted molar refractivity (Wildman–Crippen MR) is 105 cm³/mol. The zero-order valence-electron chi connectivity index (χ0n) is 16.0. The third-order valence-electron chi connectivity index (χ3n) is 4.54. The quantitative estimate of drug-likeness (QED) is 0.470. The van der Waals surface area contributed by atoms with E-state index in [1.165, 1.54) is 4.90 Å². The monoisotopic (exact) mass is 393 g/mol. The first-order valence-electron chi connectivity index (χ1n) is 9.15. The first-order chi connectivity index (χ1) is 14.1. The minimum atomic E-state index is -0.398. The molecular weight excluding hydrogens is 374 g/mol. The summed E-state index contributed by atoms with van der Waals surface area (Å²) < 4.78 is 15.9. The number of rotatable bonds is 6. The molecule has 0 bridgehead atoms. The van der Waals surface area contributed by atoms with Crippen molar-refractivity contribution < 1.29 is 23.8 Å². The Kier molecular flexibility index (Phi) is 4.99. The number of hydrogen-bond donors (Lipinski definition) is 0. The maximum atomic E-state index is 11.8. The van der Waals surface area contributed by atoms with Gasteiger partial charge in [0, 0.05) is 17.1 Å². The Labute approximate surface area is 167 Å². The van der Waals surface area contributed by atoms with Crippen molar-refractivity contribution in [2.75, 3.05) is 18.3 Å². The lowest BCUT2D eigenvalue weighted by Gasteiger charge is -2.18. The summed E-state index contributed by atoms with van der Waals surface area (Å²) in [6.07, 6.45) is 0.732. The van der Waals surface area contributed by atoms with E-state index in [2.05, 4.69) is 9.97 Å². The Balaban J connectivity index is 1.66. The summed E-state index contributed by atoms with van der Waals surface area (Å²) in [7, 11) is 0. The van der Waals surface area contributed by atoms with Gasteiger partial charge in [0.25, 0.3) is 0 Å². The summed E-state index contributed by atoms with van der Waals surface area (Å²) in [6, 6.07) is 10.3.